The number of ether oxygens (including phenoxy) is 1. The molecular weight excluding hydrogens is 198 g/mol. The Morgan fingerprint density at radius 2 is 2.00 bits per heavy atom. The molecule has 5 nitrogen and oxygen atoms in total. The SMILES string of the molecule is COC(=O)[C@@H](N)Cc1ccc(O)cc1.O. The zero-order valence-electron chi connectivity index (χ0n) is 8.43. The van der Waals surface area contributed by atoms with E-state index in [1.807, 2.05) is 0 Å². The fraction of sp³-hybridized carbons (Fsp3) is 0.300. The van der Waals surface area contributed by atoms with E-state index < -0.39 is 12.0 Å². The van der Waals surface area contributed by atoms with E-state index in [1.54, 1.807) is 24.3 Å². The first-order chi connectivity index (χ1) is 6.63. The largest absolute Gasteiger partial charge is 0.508 e. The summed E-state index contributed by atoms with van der Waals surface area (Å²) in [7, 11) is 1.30. The minimum atomic E-state index is -0.649. The molecule has 0 saturated carbocycles. The van der Waals surface area contributed by atoms with Gasteiger partial charge >= 0.3 is 5.97 Å². The van der Waals surface area contributed by atoms with Crippen LogP contribution in [0, 0.1) is 0 Å². The van der Waals surface area contributed by atoms with Crippen LogP contribution in [0.15, 0.2) is 24.3 Å². The third-order valence-electron chi connectivity index (χ3n) is 1.90. The molecule has 0 fully saturated rings. The third-order valence-corrected chi connectivity index (χ3v) is 1.90. The van der Waals surface area contributed by atoms with E-state index in [4.69, 9.17) is 10.8 Å². The highest BCUT2D eigenvalue weighted by Crippen LogP contribution is 2.10. The Balaban J connectivity index is 0.00000196. The van der Waals surface area contributed by atoms with Gasteiger partial charge < -0.3 is 21.1 Å². The maximum Gasteiger partial charge on any atom is 0.322 e. The molecule has 0 aliphatic rings. The quantitative estimate of drug-likeness (QED) is 0.667. The number of hydrogen-bond acceptors (Lipinski definition) is 4. The van der Waals surface area contributed by atoms with Gasteiger partial charge in [-0.2, -0.15) is 0 Å². The van der Waals surface area contributed by atoms with Gasteiger partial charge in [-0.05, 0) is 24.1 Å². The second-order valence-corrected chi connectivity index (χ2v) is 3.00. The first-order valence-corrected chi connectivity index (χ1v) is 4.25. The fourth-order valence-electron chi connectivity index (χ4n) is 1.12. The molecular formula is C10H15NO4. The van der Waals surface area contributed by atoms with E-state index >= 15 is 0 Å². The van der Waals surface area contributed by atoms with Crippen molar-refractivity contribution in [1.82, 2.24) is 0 Å². The van der Waals surface area contributed by atoms with E-state index in [1.165, 1.54) is 7.11 Å². The molecule has 5 N–H and O–H groups in total. The van der Waals surface area contributed by atoms with Crippen LogP contribution in [0.4, 0.5) is 0 Å². The maximum atomic E-state index is 11.0. The number of phenolic OH excluding ortho intramolecular Hbond substituents is 1. The first kappa shape index (κ1) is 13.4. The van der Waals surface area contributed by atoms with Crippen LogP contribution in [0.2, 0.25) is 0 Å². The molecule has 0 aliphatic carbocycles. The average molecular weight is 213 g/mol. The molecule has 0 unspecified atom stereocenters. The number of hydrogen-bond donors (Lipinski definition) is 2. The summed E-state index contributed by atoms with van der Waals surface area (Å²) >= 11 is 0. The number of carbonyl (C=O) groups is 1. The van der Waals surface area contributed by atoms with Gasteiger partial charge in [0.1, 0.15) is 11.8 Å². The molecule has 1 aromatic rings. The molecule has 0 aliphatic heterocycles. The summed E-state index contributed by atoms with van der Waals surface area (Å²) in [6, 6.07) is 5.90. The number of esters is 1. The number of phenols is 1. The minimum Gasteiger partial charge on any atom is -0.508 e. The topological polar surface area (TPSA) is 104 Å². The standard InChI is InChI=1S/C10H13NO3.H2O/c1-14-10(13)9(11)6-7-2-4-8(12)5-3-7;/h2-5,9,12H,6,11H2,1H3;1H2/t9-;/m0./s1. The van der Waals surface area contributed by atoms with Gasteiger partial charge in [0.15, 0.2) is 0 Å². The van der Waals surface area contributed by atoms with Crippen LogP contribution in [0.3, 0.4) is 0 Å². The average Bonchev–Trinajstić information content (AvgIpc) is 2.20. The molecule has 5 heteroatoms. The Morgan fingerprint density at radius 1 is 1.47 bits per heavy atom. The van der Waals surface area contributed by atoms with Crippen molar-refractivity contribution in [3.05, 3.63) is 29.8 Å². The molecule has 15 heavy (non-hydrogen) atoms. The second kappa shape index (κ2) is 6.00. The van der Waals surface area contributed by atoms with Crippen molar-refractivity contribution < 1.29 is 20.1 Å². The van der Waals surface area contributed by atoms with Gasteiger partial charge in [-0.15, -0.1) is 0 Å². The lowest BCUT2D eigenvalue weighted by Gasteiger charge is -2.08. The molecule has 1 atom stereocenters. The molecule has 1 aromatic carbocycles. The molecule has 1 rings (SSSR count). The smallest absolute Gasteiger partial charge is 0.322 e. The fourth-order valence-corrected chi connectivity index (χ4v) is 1.12. The van der Waals surface area contributed by atoms with E-state index in [0.717, 1.165) is 5.56 Å². The predicted molar refractivity (Wildman–Crippen MR) is 55.4 cm³/mol. The molecule has 0 heterocycles. The van der Waals surface area contributed by atoms with Crippen molar-refractivity contribution in [2.24, 2.45) is 5.73 Å². The molecule has 84 valence electrons. The van der Waals surface area contributed by atoms with Crippen LogP contribution in [-0.4, -0.2) is 29.7 Å². The van der Waals surface area contributed by atoms with Crippen molar-refractivity contribution in [2.45, 2.75) is 12.5 Å². The number of methoxy groups -OCH3 is 1. The molecule has 0 aromatic heterocycles. The minimum absolute atomic E-state index is 0. The summed E-state index contributed by atoms with van der Waals surface area (Å²) in [5.74, 6) is -0.238. The molecule has 0 saturated heterocycles. The lowest BCUT2D eigenvalue weighted by molar-refractivity contribution is -0.142. The summed E-state index contributed by atoms with van der Waals surface area (Å²) in [6.07, 6.45) is 0.410. The monoisotopic (exact) mass is 213 g/mol. The lowest BCUT2D eigenvalue weighted by Crippen LogP contribution is -2.33. The predicted octanol–water partition coefficient (Wildman–Crippen LogP) is -0.390. The Hall–Kier alpha value is -1.59. The van der Waals surface area contributed by atoms with E-state index in [9.17, 15) is 4.79 Å². The zero-order valence-corrected chi connectivity index (χ0v) is 8.43. The highest BCUT2D eigenvalue weighted by atomic mass is 16.5. The number of benzene rings is 1. The summed E-state index contributed by atoms with van der Waals surface area (Å²) in [4.78, 5) is 11.0. The summed E-state index contributed by atoms with van der Waals surface area (Å²) in [6.45, 7) is 0. The highest BCUT2D eigenvalue weighted by Gasteiger charge is 2.13. The Bertz CT molecular complexity index is 310. The van der Waals surface area contributed by atoms with Crippen LogP contribution < -0.4 is 5.73 Å². The summed E-state index contributed by atoms with van der Waals surface area (Å²) in [5.41, 5.74) is 6.45. The van der Waals surface area contributed by atoms with Gasteiger partial charge in [0.25, 0.3) is 0 Å². The maximum absolute atomic E-state index is 11.0. The van der Waals surface area contributed by atoms with E-state index in [-0.39, 0.29) is 11.2 Å². The van der Waals surface area contributed by atoms with E-state index in [0.29, 0.717) is 6.42 Å². The normalized spacial score (nSPS) is 11.3. The number of rotatable bonds is 3. The second-order valence-electron chi connectivity index (χ2n) is 3.00. The Kier molecular flexibility index (Phi) is 5.36. The molecule has 0 bridgehead atoms. The number of nitrogens with two attached hydrogens (primary N) is 1. The van der Waals surface area contributed by atoms with Crippen LogP contribution in [0.1, 0.15) is 5.56 Å². The molecule has 0 amide bonds. The van der Waals surface area contributed by atoms with Crippen LogP contribution in [0.25, 0.3) is 0 Å². The molecule has 0 spiro atoms. The lowest BCUT2D eigenvalue weighted by atomic mass is 10.1. The summed E-state index contributed by atoms with van der Waals surface area (Å²) < 4.78 is 4.49. The Morgan fingerprint density at radius 3 is 2.47 bits per heavy atom. The van der Waals surface area contributed by atoms with Gasteiger partial charge in [-0.1, -0.05) is 12.1 Å². The van der Waals surface area contributed by atoms with Crippen LogP contribution >= 0.6 is 0 Å². The van der Waals surface area contributed by atoms with Crippen molar-refractivity contribution in [1.29, 1.82) is 0 Å². The van der Waals surface area contributed by atoms with Crippen LogP contribution in [-0.2, 0) is 16.0 Å². The van der Waals surface area contributed by atoms with Crippen molar-refractivity contribution in [3.8, 4) is 5.75 Å². The third kappa shape index (κ3) is 3.97. The van der Waals surface area contributed by atoms with Crippen molar-refractivity contribution in [3.63, 3.8) is 0 Å². The van der Waals surface area contributed by atoms with Gasteiger partial charge in [-0.3, -0.25) is 4.79 Å². The number of aromatic hydroxyl groups is 1. The van der Waals surface area contributed by atoms with Crippen molar-refractivity contribution >= 4 is 5.97 Å². The summed E-state index contributed by atoms with van der Waals surface area (Å²) in [5, 5.41) is 9.02. The number of carbonyl (C=O) groups excluding carboxylic acids is 1. The van der Waals surface area contributed by atoms with Crippen LogP contribution in [0.5, 0.6) is 5.75 Å². The zero-order chi connectivity index (χ0) is 10.6. The van der Waals surface area contributed by atoms with Gasteiger partial charge in [0, 0.05) is 0 Å². The van der Waals surface area contributed by atoms with Gasteiger partial charge in [-0.25, -0.2) is 0 Å². The first-order valence-electron chi connectivity index (χ1n) is 4.25. The van der Waals surface area contributed by atoms with E-state index in [2.05, 4.69) is 4.74 Å². The van der Waals surface area contributed by atoms with Gasteiger partial charge in [0.05, 0.1) is 7.11 Å². The van der Waals surface area contributed by atoms with Gasteiger partial charge in [0.2, 0.25) is 0 Å². The highest BCUT2D eigenvalue weighted by molar-refractivity contribution is 5.75. The molecule has 0 radical (unpaired) electrons. The van der Waals surface area contributed by atoms with Crippen molar-refractivity contribution in [2.75, 3.05) is 7.11 Å². The Labute approximate surface area is 87.8 Å².